The van der Waals surface area contributed by atoms with Crippen molar-refractivity contribution in [2.45, 2.75) is 33.2 Å². The van der Waals surface area contributed by atoms with Crippen LogP contribution in [0.4, 0.5) is 0 Å². The number of para-hydroxylation sites is 2. The summed E-state index contributed by atoms with van der Waals surface area (Å²) in [7, 11) is 0. The zero-order chi connectivity index (χ0) is 15.4. The minimum absolute atomic E-state index is 0.124. The number of carbonyl (C=O) groups is 1. The standard InChI is InChI=1S/C16H22ClN3O/c1-4-19(5-2)16(21)12(3)20-14-9-7-6-8-13(14)18-15(20)10-11-17/h6-9,12H,4-5,10-11H2,1-3H3. The van der Waals surface area contributed by atoms with Gasteiger partial charge in [-0.1, -0.05) is 12.1 Å². The minimum atomic E-state index is -0.268. The SMILES string of the molecule is CCN(CC)C(=O)C(C)n1c(CCCl)nc2ccccc21. The molecule has 114 valence electrons. The summed E-state index contributed by atoms with van der Waals surface area (Å²) in [5.41, 5.74) is 1.91. The van der Waals surface area contributed by atoms with Crippen molar-refractivity contribution < 1.29 is 4.79 Å². The molecule has 1 unspecified atom stereocenters. The Balaban J connectivity index is 2.47. The van der Waals surface area contributed by atoms with Crippen LogP contribution in [0.15, 0.2) is 24.3 Å². The van der Waals surface area contributed by atoms with Crippen LogP contribution in [-0.4, -0.2) is 39.3 Å². The third kappa shape index (κ3) is 3.05. The third-order valence-corrected chi connectivity index (χ3v) is 4.00. The number of imidazole rings is 1. The first-order valence-corrected chi connectivity index (χ1v) is 7.98. The van der Waals surface area contributed by atoms with E-state index in [1.165, 1.54) is 0 Å². The van der Waals surface area contributed by atoms with Crippen LogP contribution in [0.3, 0.4) is 0 Å². The number of alkyl halides is 1. The van der Waals surface area contributed by atoms with Gasteiger partial charge in [0, 0.05) is 25.4 Å². The zero-order valence-corrected chi connectivity index (χ0v) is 13.6. The molecule has 1 aromatic carbocycles. The van der Waals surface area contributed by atoms with Crippen molar-refractivity contribution in [3.8, 4) is 0 Å². The molecule has 1 amide bonds. The normalized spacial score (nSPS) is 12.6. The zero-order valence-electron chi connectivity index (χ0n) is 12.8. The molecule has 1 aromatic heterocycles. The lowest BCUT2D eigenvalue weighted by Crippen LogP contribution is -2.36. The third-order valence-electron chi connectivity index (χ3n) is 3.81. The molecule has 0 radical (unpaired) electrons. The molecule has 0 fully saturated rings. The van der Waals surface area contributed by atoms with Gasteiger partial charge < -0.3 is 9.47 Å². The van der Waals surface area contributed by atoms with Gasteiger partial charge in [0.1, 0.15) is 11.9 Å². The van der Waals surface area contributed by atoms with Gasteiger partial charge in [-0.2, -0.15) is 0 Å². The summed E-state index contributed by atoms with van der Waals surface area (Å²) in [5.74, 6) is 1.49. The van der Waals surface area contributed by atoms with Crippen LogP contribution >= 0.6 is 11.6 Å². The fraction of sp³-hybridized carbons (Fsp3) is 0.500. The number of benzene rings is 1. The maximum atomic E-state index is 12.6. The Morgan fingerprint density at radius 3 is 2.62 bits per heavy atom. The number of hydrogen-bond donors (Lipinski definition) is 0. The van der Waals surface area contributed by atoms with Crippen molar-refractivity contribution in [2.24, 2.45) is 0 Å². The molecule has 1 atom stereocenters. The van der Waals surface area contributed by atoms with Crippen LogP contribution in [0.25, 0.3) is 11.0 Å². The van der Waals surface area contributed by atoms with Crippen molar-refractivity contribution in [1.29, 1.82) is 0 Å². The average Bonchev–Trinajstić information content (AvgIpc) is 2.86. The van der Waals surface area contributed by atoms with Gasteiger partial charge in [-0.15, -0.1) is 11.6 Å². The second-order valence-electron chi connectivity index (χ2n) is 5.01. The predicted molar refractivity (Wildman–Crippen MR) is 86.8 cm³/mol. The van der Waals surface area contributed by atoms with Crippen LogP contribution in [0.5, 0.6) is 0 Å². The number of halogens is 1. The Morgan fingerprint density at radius 1 is 1.33 bits per heavy atom. The molecule has 0 bridgehead atoms. The van der Waals surface area contributed by atoms with E-state index in [1.807, 2.05) is 54.5 Å². The minimum Gasteiger partial charge on any atom is -0.341 e. The lowest BCUT2D eigenvalue weighted by Gasteiger charge is -2.25. The highest BCUT2D eigenvalue weighted by atomic mass is 35.5. The van der Waals surface area contributed by atoms with Gasteiger partial charge in [-0.25, -0.2) is 4.98 Å². The van der Waals surface area contributed by atoms with Gasteiger partial charge in [-0.05, 0) is 32.9 Å². The van der Waals surface area contributed by atoms with Gasteiger partial charge >= 0.3 is 0 Å². The second kappa shape index (κ2) is 6.94. The summed E-state index contributed by atoms with van der Waals surface area (Å²) in [6.45, 7) is 7.38. The van der Waals surface area contributed by atoms with E-state index in [1.54, 1.807) is 0 Å². The van der Waals surface area contributed by atoms with Crippen LogP contribution in [0, 0.1) is 0 Å². The van der Waals surface area contributed by atoms with Gasteiger partial charge in [0.2, 0.25) is 5.91 Å². The molecule has 0 aliphatic heterocycles. The van der Waals surface area contributed by atoms with Crippen molar-refractivity contribution in [3.63, 3.8) is 0 Å². The van der Waals surface area contributed by atoms with Crippen LogP contribution in [0.2, 0.25) is 0 Å². The second-order valence-corrected chi connectivity index (χ2v) is 5.39. The fourth-order valence-electron chi connectivity index (χ4n) is 2.70. The van der Waals surface area contributed by atoms with E-state index in [0.29, 0.717) is 12.3 Å². The van der Waals surface area contributed by atoms with Crippen molar-refractivity contribution >= 4 is 28.5 Å². The van der Waals surface area contributed by atoms with Crippen molar-refractivity contribution in [1.82, 2.24) is 14.5 Å². The van der Waals surface area contributed by atoms with Crippen LogP contribution in [0.1, 0.15) is 32.6 Å². The smallest absolute Gasteiger partial charge is 0.245 e. The first-order valence-electron chi connectivity index (χ1n) is 7.44. The molecule has 0 N–H and O–H groups in total. The van der Waals surface area contributed by atoms with E-state index in [9.17, 15) is 4.79 Å². The number of amides is 1. The molecular formula is C16H22ClN3O. The maximum absolute atomic E-state index is 12.6. The molecular weight excluding hydrogens is 286 g/mol. The fourth-order valence-corrected chi connectivity index (χ4v) is 2.87. The summed E-state index contributed by atoms with van der Waals surface area (Å²) in [5, 5.41) is 0. The van der Waals surface area contributed by atoms with Crippen molar-refractivity contribution in [3.05, 3.63) is 30.1 Å². The van der Waals surface area contributed by atoms with E-state index >= 15 is 0 Å². The summed E-state index contributed by atoms with van der Waals surface area (Å²) in [4.78, 5) is 19.1. The summed E-state index contributed by atoms with van der Waals surface area (Å²) in [6, 6.07) is 7.64. The lowest BCUT2D eigenvalue weighted by molar-refractivity contribution is -0.133. The van der Waals surface area contributed by atoms with Gasteiger partial charge in [0.05, 0.1) is 11.0 Å². The topological polar surface area (TPSA) is 38.1 Å². The number of likely N-dealkylation sites (N-methyl/N-ethyl adjacent to an activating group) is 1. The highest BCUT2D eigenvalue weighted by molar-refractivity contribution is 6.17. The number of carbonyl (C=O) groups excluding carboxylic acids is 1. The molecule has 0 saturated carbocycles. The number of aryl methyl sites for hydroxylation is 1. The highest BCUT2D eigenvalue weighted by Gasteiger charge is 2.24. The Kier molecular flexibility index (Phi) is 5.23. The summed E-state index contributed by atoms with van der Waals surface area (Å²) < 4.78 is 2.03. The first kappa shape index (κ1) is 15.8. The maximum Gasteiger partial charge on any atom is 0.245 e. The number of nitrogens with zero attached hydrogens (tertiary/aromatic N) is 3. The van der Waals surface area contributed by atoms with E-state index in [4.69, 9.17) is 11.6 Å². The van der Waals surface area contributed by atoms with Gasteiger partial charge in [0.15, 0.2) is 0 Å². The van der Waals surface area contributed by atoms with Gasteiger partial charge in [0.25, 0.3) is 0 Å². The molecule has 0 spiro atoms. The Hall–Kier alpha value is -1.55. The Bertz CT molecular complexity index is 619. The number of fused-ring (bicyclic) bond motifs is 1. The molecule has 0 aliphatic carbocycles. The van der Waals surface area contributed by atoms with Crippen molar-refractivity contribution in [2.75, 3.05) is 19.0 Å². The molecule has 21 heavy (non-hydrogen) atoms. The molecule has 1 heterocycles. The van der Waals surface area contributed by atoms with E-state index in [0.717, 1.165) is 29.9 Å². The van der Waals surface area contributed by atoms with Gasteiger partial charge in [-0.3, -0.25) is 4.79 Å². The van der Waals surface area contributed by atoms with E-state index < -0.39 is 0 Å². The van der Waals surface area contributed by atoms with Crippen LogP contribution in [-0.2, 0) is 11.2 Å². The Morgan fingerprint density at radius 2 is 2.00 bits per heavy atom. The Labute approximate surface area is 130 Å². The average molecular weight is 308 g/mol. The van der Waals surface area contributed by atoms with E-state index in [2.05, 4.69) is 4.98 Å². The molecule has 0 saturated heterocycles. The summed E-state index contributed by atoms with van der Waals surface area (Å²) >= 11 is 5.89. The summed E-state index contributed by atoms with van der Waals surface area (Å²) in [6.07, 6.45) is 0.659. The highest BCUT2D eigenvalue weighted by Crippen LogP contribution is 2.23. The number of aromatic nitrogens is 2. The largest absolute Gasteiger partial charge is 0.341 e. The monoisotopic (exact) mass is 307 g/mol. The first-order chi connectivity index (χ1) is 10.1. The quantitative estimate of drug-likeness (QED) is 0.768. The molecule has 5 heteroatoms. The lowest BCUT2D eigenvalue weighted by atomic mass is 10.2. The van der Waals surface area contributed by atoms with E-state index in [-0.39, 0.29) is 11.9 Å². The molecule has 4 nitrogen and oxygen atoms in total. The number of rotatable bonds is 6. The molecule has 0 aliphatic rings. The number of hydrogen-bond acceptors (Lipinski definition) is 2. The van der Waals surface area contributed by atoms with Crippen LogP contribution < -0.4 is 0 Å². The predicted octanol–water partition coefficient (Wildman–Crippen LogP) is 3.25. The molecule has 2 rings (SSSR count). The molecule has 2 aromatic rings.